The van der Waals surface area contributed by atoms with Crippen LogP contribution in [0.3, 0.4) is 0 Å². The number of aryl methyl sites for hydroxylation is 1. The van der Waals surface area contributed by atoms with Crippen molar-refractivity contribution in [3.8, 4) is 0 Å². The minimum Gasteiger partial charge on any atom is -0.352 e. The molecule has 1 unspecified atom stereocenters. The van der Waals surface area contributed by atoms with Crippen LogP contribution in [0.1, 0.15) is 58.2 Å². The smallest absolute Gasteiger partial charge is 0.238 e. The lowest BCUT2D eigenvalue weighted by atomic mass is 10.2. The maximum Gasteiger partial charge on any atom is 0.238 e. The first kappa shape index (κ1) is 17.8. The van der Waals surface area contributed by atoms with E-state index in [9.17, 15) is 13.2 Å². The lowest BCUT2D eigenvalue weighted by molar-refractivity contribution is -0.121. The highest BCUT2D eigenvalue weighted by molar-refractivity contribution is 7.92. The van der Waals surface area contributed by atoms with Gasteiger partial charge in [-0.3, -0.25) is 4.79 Å². The van der Waals surface area contributed by atoms with Crippen LogP contribution >= 0.6 is 0 Å². The fourth-order valence-electron chi connectivity index (χ4n) is 2.66. The molecule has 1 aliphatic carbocycles. The van der Waals surface area contributed by atoms with Gasteiger partial charge in [-0.05, 0) is 36.6 Å². The number of unbranched alkanes of at least 4 members (excludes halogenated alkanes) is 1. The van der Waals surface area contributed by atoms with E-state index in [4.69, 9.17) is 0 Å². The van der Waals surface area contributed by atoms with Crippen LogP contribution in [0.5, 0.6) is 0 Å². The van der Waals surface area contributed by atoms with Gasteiger partial charge in [0.25, 0.3) is 0 Å². The van der Waals surface area contributed by atoms with Gasteiger partial charge in [0, 0.05) is 12.6 Å². The number of hydrogen-bond acceptors (Lipinski definition) is 6. The second-order valence-corrected chi connectivity index (χ2v) is 8.43. The quantitative estimate of drug-likeness (QED) is 0.749. The number of nitrogens with one attached hydrogen (secondary N) is 1. The second-order valence-electron chi connectivity index (χ2n) is 6.11. The van der Waals surface area contributed by atoms with Crippen molar-refractivity contribution in [1.29, 1.82) is 0 Å². The molecule has 1 fully saturated rings. The van der Waals surface area contributed by atoms with E-state index in [1.54, 1.807) is 0 Å². The van der Waals surface area contributed by atoms with E-state index in [0.717, 1.165) is 38.5 Å². The zero-order valence-electron chi connectivity index (χ0n) is 13.7. The first-order valence-corrected chi connectivity index (χ1v) is 9.92. The third-order valence-corrected chi connectivity index (χ3v) is 6.22. The van der Waals surface area contributed by atoms with Gasteiger partial charge in [-0.1, -0.05) is 26.2 Å². The summed E-state index contributed by atoms with van der Waals surface area (Å²) in [5.74, 6) is -0.452. The minimum absolute atomic E-state index is 0.107. The Kier molecular flexibility index (Phi) is 6.09. The van der Waals surface area contributed by atoms with Crippen molar-refractivity contribution in [3.05, 3.63) is 5.82 Å². The molecule has 0 saturated heterocycles. The number of carbonyl (C=O) groups is 1. The SMILES string of the molecule is CCCCn1nnnc1CS(=O)(=O)C(C)C(=O)NC1CCCC1. The van der Waals surface area contributed by atoms with Crippen LogP contribution in [0, 0.1) is 0 Å². The van der Waals surface area contributed by atoms with Crippen molar-refractivity contribution in [1.82, 2.24) is 25.5 Å². The summed E-state index contributed by atoms with van der Waals surface area (Å²) in [5, 5.41) is 12.9. The summed E-state index contributed by atoms with van der Waals surface area (Å²) in [7, 11) is -3.65. The van der Waals surface area contributed by atoms with Gasteiger partial charge in [0.1, 0.15) is 11.0 Å². The predicted octanol–water partition coefficient (Wildman–Crippen LogP) is 0.835. The van der Waals surface area contributed by atoms with E-state index < -0.39 is 21.0 Å². The van der Waals surface area contributed by atoms with Crippen LogP contribution < -0.4 is 5.32 Å². The molecule has 1 aromatic rings. The van der Waals surface area contributed by atoms with Gasteiger partial charge in [-0.25, -0.2) is 13.1 Å². The highest BCUT2D eigenvalue weighted by atomic mass is 32.2. The number of tetrazole rings is 1. The number of rotatable bonds is 8. The van der Waals surface area contributed by atoms with Crippen LogP contribution in [0.2, 0.25) is 0 Å². The van der Waals surface area contributed by atoms with E-state index in [2.05, 4.69) is 20.8 Å². The molecular weight excluding hydrogens is 318 g/mol. The van der Waals surface area contributed by atoms with Crippen LogP contribution in [-0.2, 0) is 26.9 Å². The number of aromatic nitrogens is 4. The average molecular weight is 343 g/mol. The Morgan fingerprint density at radius 2 is 2.09 bits per heavy atom. The van der Waals surface area contributed by atoms with E-state index in [0.29, 0.717) is 12.4 Å². The molecule has 130 valence electrons. The molecule has 1 heterocycles. The van der Waals surface area contributed by atoms with Crippen molar-refractivity contribution < 1.29 is 13.2 Å². The number of hydrogen-bond donors (Lipinski definition) is 1. The summed E-state index contributed by atoms with van der Waals surface area (Å²) >= 11 is 0. The molecule has 8 nitrogen and oxygen atoms in total. The summed E-state index contributed by atoms with van der Waals surface area (Å²) in [5.41, 5.74) is 0. The highest BCUT2D eigenvalue weighted by Gasteiger charge is 2.31. The molecule has 0 spiro atoms. The molecular formula is C14H25N5O3S. The number of amides is 1. The third-order valence-electron chi connectivity index (χ3n) is 4.27. The summed E-state index contributed by atoms with van der Waals surface area (Å²) in [6.07, 6.45) is 5.85. The second kappa shape index (κ2) is 7.85. The monoisotopic (exact) mass is 343 g/mol. The molecule has 1 amide bonds. The zero-order valence-corrected chi connectivity index (χ0v) is 14.5. The Labute approximate surface area is 136 Å². The summed E-state index contributed by atoms with van der Waals surface area (Å²) < 4.78 is 26.4. The summed E-state index contributed by atoms with van der Waals surface area (Å²) in [6, 6.07) is 0.107. The topological polar surface area (TPSA) is 107 Å². The number of sulfone groups is 1. The maximum atomic E-state index is 12.5. The Balaban J connectivity index is 1.99. The normalized spacial score (nSPS) is 17.3. The van der Waals surface area contributed by atoms with Gasteiger partial charge in [0.05, 0.1) is 0 Å². The van der Waals surface area contributed by atoms with Crippen molar-refractivity contribution >= 4 is 15.7 Å². The van der Waals surface area contributed by atoms with E-state index >= 15 is 0 Å². The lowest BCUT2D eigenvalue weighted by Gasteiger charge is -2.17. The molecule has 0 bridgehead atoms. The van der Waals surface area contributed by atoms with Crippen molar-refractivity contribution in [2.45, 2.75) is 76.0 Å². The average Bonchev–Trinajstić information content (AvgIpc) is 3.16. The standard InChI is InChI=1S/C14H25N5O3S/c1-3-4-9-19-13(16-17-18-19)10-23(21,22)11(2)14(20)15-12-7-5-6-8-12/h11-12H,3-10H2,1-2H3,(H,15,20). The van der Waals surface area contributed by atoms with Crippen LogP contribution in [0.15, 0.2) is 0 Å². The molecule has 0 radical (unpaired) electrons. The third kappa shape index (κ3) is 4.73. The first-order chi connectivity index (χ1) is 10.9. The van der Waals surface area contributed by atoms with Gasteiger partial charge in [0.2, 0.25) is 5.91 Å². The molecule has 1 N–H and O–H groups in total. The maximum absolute atomic E-state index is 12.5. The minimum atomic E-state index is -3.65. The van der Waals surface area contributed by atoms with E-state index in [1.807, 2.05) is 6.92 Å². The number of carbonyl (C=O) groups excluding carboxylic acids is 1. The molecule has 9 heteroatoms. The Bertz CT molecular complexity index is 622. The predicted molar refractivity (Wildman–Crippen MR) is 85.2 cm³/mol. The summed E-state index contributed by atoms with van der Waals surface area (Å²) in [4.78, 5) is 12.2. The molecule has 2 rings (SSSR count). The van der Waals surface area contributed by atoms with Gasteiger partial charge in [-0.15, -0.1) is 5.10 Å². The highest BCUT2D eigenvalue weighted by Crippen LogP contribution is 2.18. The van der Waals surface area contributed by atoms with Crippen LogP contribution in [-0.4, -0.2) is 45.8 Å². The first-order valence-electron chi connectivity index (χ1n) is 8.21. The van der Waals surface area contributed by atoms with Gasteiger partial charge >= 0.3 is 0 Å². The largest absolute Gasteiger partial charge is 0.352 e. The molecule has 1 aromatic heterocycles. The van der Waals surface area contributed by atoms with Gasteiger partial charge < -0.3 is 5.32 Å². The van der Waals surface area contributed by atoms with Crippen LogP contribution in [0.25, 0.3) is 0 Å². The lowest BCUT2D eigenvalue weighted by Crippen LogP contribution is -2.42. The van der Waals surface area contributed by atoms with Crippen molar-refractivity contribution in [2.75, 3.05) is 0 Å². The molecule has 1 saturated carbocycles. The van der Waals surface area contributed by atoms with Gasteiger partial charge in [-0.2, -0.15) is 0 Å². The molecule has 1 aliphatic rings. The Hall–Kier alpha value is -1.51. The Morgan fingerprint density at radius 1 is 1.39 bits per heavy atom. The van der Waals surface area contributed by atoms with E-state index in [1.165, 1.54) is 11.6 Å². The van der Waals surface area contributed by atoms with Crippen molar-refractivity contribution in [2.24, 2.45) is 0 Å². The molecule has 23 heavy (non-hydrogen) atoms. The molecule has 1 atom stereocenters. The Morgan fingerprint density at radius 3 is 2.74 bits per heavy atom. The molecule has 0 aromatic carbocycles. The van der Waals surface area contributed by atoms with Crippen LogP contribution in [0.4, 0.5) is 0 Å². The summed E-state index contributed by atoms with van der Waals surface area (Å²) in [6.45, 7) is 4.05. The fraction of sp³-hybridized carbons (Fsp3) is 0.857. The van der Waals surface area contributed by atoms with Crippen molar-refractivity contribution in [3.63, 3.8) is 0 Å². The van der Waals surface area contributed by atoms with Gasteiger partial charge in [0.15, 0.2) is 15.7 Å². The van der Waals surface area contributed by atoms with E-state index in [-0.39, 0.29) is 11.8 Å². The molecule has 0 aliphatic heterocycles. The zero-order chi connectivity index (χ0) is 16.9. The fourth-order valence-corrected chi connectivity index (χ4v) is 3.88. The number of nitrogens with zero attached hydrogens (tertiary/aromatic N) is 4.